The molecule has 3 aromatic rings. The van der Waals surface area contributed by atoms with Crippen LogP contribution in [-0.2, 0) is 9.53 Å². The lowest BCUT2D eigenvalue weighted by molar-refractivity contribution is -0.126. The average Bonchev–Trinajstić information content (AvgIpc) is 3.43. The predicted octanol–water partition coefficient (Wildman–Crippen LogP) is 4.76. The van der Waals surface area contributed by atoms with E-state index < -0.39 is 0 Å². The molecular formula is C24H26Cl2N4O2. The Labute approximate surface area is 197 Å². The van der Waals surface area contributed by atoms with Gasteiger partial charge in [-0.3, -0.25) is 9.36 Å². The molecule has 1 atom stereocenters. The first kappa shape index (κ1) is 21.6. The molecular weight excluding hydrogens is 447 g/mol. The van der Waals surface area contributed by atoms with Crippen LogP contribution in [0.15, 0.2) is 36.4 Å². The number of benzene rings is 2. The fraction of sp³-hybridized carbons (Fsp3) is 0.417. The highest BCUT2D eigenvalue weighted by molar-refractivity contribution is 6.42. The second-order valence-electron chi connectivity index (χ2n) is 8.67. The van der Waals surface area contributed by atoms with Crippen LogP contribution in [0.4, 0.5) is 5.95 Å². The Morgan fingerprint density at radius 3 is 2.50 bits per heavy atom. The number of carbonyl (C=O) groups is 1. The molecule has 32 heavy (non-hydrogen) atoms. The van der Waals surface area contributed by atoms with Gasteiger partial charge in [0.2, 0.25) is 11.9 Å². The zero-order valence-corrected chi connectivity index (χ0v) is 19.5. The molecule has 1 N–H and O–H groups in total. The highest BCUT2D eigenvalue weighted by Gasteiger charge is 2.30. The minimum atomic E-state index is 0.0212. The number of carbonyl (C=O) groups excluding carboxylic acids is 1. The van der Waals surface area contributed by atoms with Crippen molar-refractivity contribution in [2.75, 3.05) is 31.2 Å². The summed E-state index contributed by atoms with van der Waals surface area (Å²) in [4.78, 5) is 19.9. The number of anilines is 1. The molecule has 2 aliphatic rings. The maximum atomic E-state index is 12.7. The Bertz CT molecular complexity index is 1130. The van der Waals surface area contributed by atoms with Gasteiger partial charge in [0.05, 0.1) is 33.7 Å². The van der Waals surface area contributed by atoms with Crippen molar-refractivity contribution >= 4 is 46.1 Å². The Morgan fingerprint density at radius 2 is 1.81 bits per heavy atom. The van der Waals surface area contributed by atoms with E-state index in [0.717, 1.165) is 61.6 Å². The Hall–Kier alpha value is -2.28. The quantitative estimate of drug-likeness (QED) is 0.594. The van der Waals surface area contributed by atoms with E-state index in [9.17, 15) is 4.79 Å². The van der Waals surface area contributed by atoms with Crippen LogP contribution in [0.5, 0.6) is 0 Å². The average molecular weight is 473 g/mol. The van der Waals surface area contributed by atoms with Crippen molar-refractivity contribution in [3.63, 3.8) is 0 Å². The van der Waals surface area contributed by atoms with Gasteiger partial charge < -0.3 is 15.0 Å². The highest BCUT2D eigenvalue weighted by atomic mass is 35.5. The molecule has 0 aliphatic carbocycles. The van der Waals surface area contributed by atoms with Crippen LogP contribution >= 0.6 is 23.2 Å². The number of piperidine rings is 1. The van der Waals surface area contributed by atoms with Crippen LogP contribution in [0.2, 0.25) is 10.0 Å². The van der Waals surface area contributed by atoms with Gasteiger partial charge in [-0.2, -0.15) is 0 Å². The smallest absolute Gasteiger partial charge is 0.223 e. The topological polar surface area (TPSA) is 59.4 Å². The third kappa shape index (κ3) is 4.19. The van der Waals surface area contributed by atoms with E-state index in [0.29, 0.717) is 16.7 Å². The van der Waals surface area contributed by atoms with Crippen molar-refractivity contribution in [1.29, 1.82) is 0 Å². The first-order valence-electron chi connectivity index (χ1n) is 11.1. The standard InChI is InChI=1S/C24H26Cl2N4O2/c1-15-2-4-18(5-3-15)30-22-13-20(26)19(25)12-21(22)28-24(30)29-9-6-16(7-10-29)23(31)27-17-8-11-32-14-17/h2-5,12-13,16-17H,6-11,14H2,1H3,(H,27,31). The number of nitrogens with one attached hydrogen (secondary N) is 1. The molecule has 6 nitrogen and oxygen atoms in total. The SMILES string of the molecule is Cc1ccc(-n2c(N3CCC(C(=O)NC4CCOC4)CC3)nc3cc(Cl)c(Cl)cc32)cc1. The van der Waals surface area contributed by atoms with E-state index in [1.807, 2.05) is 12.1 Å². The maximum Gasteiger partial charge on any atom is 0.223 e. The zero-order valence-electron chi connectivity index (χ0n) is 18.0. The van der Waals surface area contributed by atoms with Gasteiger partial charge >= 0.3 is 0 Å². The van der Waals surface area contributed by atoms with Crippen molar-refractivity contribution in [2.24, 2.45) is 5.92 Å². The van der Waals surface area contributed by atoms with Gasteiger partial charge in [0, 0.05) is 31.3 Å². The highest BCUT2D eigenvalue weighted by Crippen LogP contribution is 2.34. The molecule has 0 bridgehead atoms. The summed E-state index contributed by atoms with van der Waals surface area (Å²) in [6, 6.07) is 12.2. The summed E-state index contributed by atoms with van der Waals surface area (Å²) in [5, 5.41) is 4.14. The molecule has 0 saturated carbocycles. The van der Waals surface area contributed by atoms with E-state index in [4.69, 9.17) is 32.9 Å². The molecule has 0 radical (unpaired) electrons. The predicted molar refractivity (Wildman–Crippen MR) is 128 cm³/mol. The van der Waals surface area contributed by atoms with Crippen LogP contribution in [0, 0.1) is 12.8 Å². The summed E-state index contributed by atoms with van der Waals surface area (Å²) in [7, 11) is 0. The van der Waals surface area contributed by atoms with E-state index >= 15 is 0 Å². The number of fused-ring (bicyclic) bond motifs is 1. The summed E-state index contributed by atoms with van der Waals surface area (Å²) >= 11 is 12.6. The molecule has 2 fully saturated rings. The number of imidazole rings is 1. The van der Waals surface area contributed by atoms with Crippen LogP contribution in [0.3, 0.4) is 0 Å². The second-order valence-corrected chi connectivity index (χ2v) is 9.48. The number of halogens is 2. The van der Waals surface area contributed by atoms with Crippen molar-refractivity contribution < 1.29 is 9.53 Å². The van der Waals surface area contributed by atoms with Gasteiger partial charge in [0.1, 0.15) is 0 Å². The van der Waals surface area contributed by atoms with Crippen LogP contribution < -0.4 is 10.2 Å². The lowest BCUT2D eigenvalue weighted by Gasteiger charge is -2.32. The summed E-state index contributed by atoms with van der Waals surface area (Å²) in [6.07, 6.45) is 2.48. The number of nitrogens with zero attached hydrogens (tertiary/aromatic N) is 3. The van der Waals surface area contributed by atoms with Gasteiger partial charge in [-0.1, -0.05) is 40.9 Å². The molecule has 1 aromatic heterocycles. The third-order valence-corrected chi connectivity index (χ3v) is 7.12. The molecule has 2 aliphatic heterocycles. The van der Waals surface area contributed by atoms with E-state index in [1.54, 1.807) is 0 Å². The second kappa shape index (κ2) is 8.93. The van der Waals surface area contributed by atoms with E-state index in [1.165, 1.54) is 5.56 Å². The largest absolute Gasteiger partial charge is 0.379 e. The van der Waals surface area contributed by atoms with Crippen molar-refractivity contribution in [3.8, 4) is 5.69 Å². The number of hydrogen-bond acceptors (Lipinski definition) is 4. The van der Waals surface area contributed by atoms with Crippen molar-refractivity contribution in [3.05, 3.63) is 52.0 Å². The van der Waals surface area contributed by atoms with Gasteiger partial charge in [0.25, 0.3) is 0 Å². The molecule has 1 unspecified atom stereocenters. The maximum absolute atomic E-state index is 12.7. The Balaban J connectivity index is 1.42. The number of rotatable bonds is 4. The van der Waals surface area contributed by atoms with Gasteiger partial charge in [-0.05, 0) is 50.5 Å². The lowest BCUT2D eigenvalue weighted by atomic mass is 9.95. The third-order valence-electron chi connectivity index (χ3n) is 6.40. The first-order chi connectivity index (χ1) is 15.5. The van der Waals surface area contributed by atoms with Gasteiger partial charge in [-0.15, -0.1) is 0 Å². The van der Waals surface area contributed by atoms with Crippen molar-refractivity contribution in [1.82, 2.24) is 14.9 Å². The summed E-state index contributed by atoms with van der Waals surface area (Å²) < 4.78 is 7.51. The minimum Gasteiger partial charge on any atom is -0.379 e. The zero-order chi connectivity index (χ0) is 22.2. The fourth-order valence-corrected chi connectivity index (χ4v) is 4.85. The lowest BCUT2D eigenvalue weighted by Crippen LogP contribution is -2.44. The molecule has 168 valence electrons. The molecule has 0 spiro atoms. The molecule has 1 amide bonds. The number of hydrogen-bond donors (Lipinski definition) is 1. The van der Waals surface area contributed by atoms with Crippen LogP contribution in [0.25, 0.3) is 16.7 Å². The van der Waals surface area contributed by atoms with Gasteiger partial charge in [-0.25, -0.2) is 4.98 Å². The number of aromatic nitrogens is 2. The summed E-state index contributed by atoms with van der Waals surface area (Å²) in [6.45, 7) is 4.94. The monoisotopic (exact) mass is 472 g/mol. The number of amides is 1. The Morgan fingerprint density at radius 1 is 1.09 bits per heavy atom. The first-order valence-corrected chi connectivity index (χ1v) is 11.8. The number of aryl methyl sites for hydroxylation is 1. The van der Waals surface area contributed by atoms with Gasteiger partial charge in [0.15, 0.2) is 0 Å². The van der Waals surface area contributed by atoms with E-state index in [2.05, 4.69) is 46.0 Å². The summed E-state index contributed by atoms with van der Waals surface area (Å²) in [5.74, 6) is 1.02. The molecule has 5 rings (SSSR count). The molecule has 8 heteroatoms. The normalized spacial score (nSPS) is 19.6. The van der Waals surface area contributed by atoms with E-state index in [-0.39, 0.29) is 17.9 Å². The fourth-order valence-electron chi connectivity index (χ4n) is 4.53. The minimum absolute atomic E-state index is 0.0212. The van der Waals surface area contributed by atoms with Crippen LogP contribution in [-0.4, -0.2) is 47.8 Å². The van der Waals surface area contributed by atoms with Crippen molar-refractivity contribution in [2.45, 2.75) is 32.2 Å². The molecule has 2 saturated heterocycles. The molecule has 2 aromatic carbocycles. The number of ether oxygens (including phenoxy) is 1. The molecule has 3 heterocycles. The van der Waals surface area contributed by atoms with Crippen LogP contribution in [0.1, 0.15) is 24.8 Å². The summed E-state index contributed by atoms with van der Waals surface area (Å²) in [5.41, 5.74) is 3.93. The Kier molecular flexibility index (Phi) is 6.01.